The van der Waals surface area contributed by atoms with Crippen LogP contribution in [0.4, 0.5) is 4.79 Å². The molecule has 2 heterocycles. The predicted octanol–water partition coefficient (Wildman–Crippen LogP) is 0.792. The van der Waals surface area contributed by atoms with Crippen LogP contribution in [0.1, 0.15) is 26.7 Å². The summed E-state index contributed by atoms with van der Waals surface area (Å²) < 4.78 is 5.32. The second kappa shape index (κ2) is 6.76. The zero-order valence-corrected chi connectivity index (χ0v) is 14.5. The van der Waals surface area contributed by atoms with E-state index in [0.29, 0.717) is 39.2 Å². The summed E-state index contributed by atoms with van der Waals surface area (Å²) in [6, 6.07) is -0.0501. The van der Waals surface area contributed by atoms with E-state index in [1.54, 1.807) is 35.7 Å². The summed E-state index contributed by atoms with van der Waals surface area (Å²) in [7, 11) is 3.45. The largest absolute Gasteiger partial charge is 0.466 e. The van der Waals surface area contributed by atoms with Crippen LogP contribution in [0, 0.1) is 11.3 Å². The van der Waals surface area contributed by atoms with Crippen LogP contribution in [-0.4, -0.2) is 79.5 Å². The van der Waals surface area contributed by atoms with Crippen molar-refractivity contribution in [3.8, 4) is 0 Å². The van der Waals surface area contributed by atoms with Gasteiger partial charge in [0.2, 0.25) is 5.91 Å². The van der Waals surface area contributed by atoms with E-state index in [1.807, 2.05) is 0 Å². The molecule has 0 saturated carbocycles. The van der Waals surface area contributed by atoms with Crippen molar-refractivity contribution in [2.75, 3.05) is 46.9 Å². The number of fused-ring (bicyclic) bond motifs is 1. The molecule has 0 N–H and O–H groups in total. The minimum absolute atomic E-state index is 0.0350. The van der Waals surface area contributed by atoms with Crippen molar-refractivity contribution in [1.82, 2.24) is 14.7 Å². The van der Waals surface area contributed by atoms with Crippen molar-refractivity contribution in [3.05, 3.63) is 0 Å². The highest BCUT2D eigenvalue weighted by molar-refractivity contribution is 5.82. The lowest BCUT2D eigenvalue weighted by molar-refractivity contribution is -0.157. The number of carbonyl (C=O) groups excluding carboxylic acids is 3. The first kappa shape index (κ1) is 17.6. The van der Waals surface area contributed by atoms with Crippen molar-refractivity contribution in [1.29, 1.82) is 0 Å². The van der Waals surface area contributed by atoms with Crippen LogP contribution in [0.15, 0.2) is 0 Å². The maximum absolute atomic E-state index is 12.7. The highest BCUT2D eigenvalue weighted by Crippen LogP contribution is 2.43. The molecule has 7 nitrogen and oxygen atoms in total. The van der Waals surface area contributed by atoms with Gasteiger partial charge in [-0.25, -0.2) is 4.79 Å². The maximum atomic E-state index is 12.7. The van der Waals surface area contributed by atoms with Gasteiger partial charge in [-0.05, 0) is 19.8 Å². The average molecular weight is 325 g/mol. The fraction of sp³-hybridized carbons (Fsp3) is 0.812. The Morgan fingerprint density at radius 1 is 1.22 bits per heavy atom. The van der Waals surface area contributed by atoms with E-state index in [-0.39, 0.29) is 23.8 Å². The molecule has 0 aromatic carbocycles. The van der Waals surface area contributed by atoms with Crippen molar-refractivity contribution in [2.45, 2.75) is 26.7 Å². The molecule has 0 radical (unpaired) electrons. The van der Waals surface area contributed by atoms with E-state index in [4.69, 9.17) is 4.74 Å². The number of carbonyl (C=O) groups is 3. The van der Waals surface area contributed by atoms with Gasteiger partial charge in [-0.3, -0.25) is 9.59 Å². The van der Waals surface area contributed by atoms with Crippen LogP contribution in [0.2, 0.25) is 0 Å². The van der Waals surface area contributed by atoms with Gasteiger partial charge in [0.15, 0.2) is 0 Å². The smallest absolute Gasteiger partial charge is 0.319 e. The zero-order chi connectivity index (χ0) is 17.2. The molecule has 2 rings (SSSR count). The first-order valence-corrected chi connectivity index (χ1v) is 8.20. The molecule has 0 bridgehead atoms. The Kier molecular flexibility index (Phi) is 5.16. The SMILES string of the molecule is CCOC(=O)[C@]12CCCN(C(=O)N(C)C)C[C@H]1CN(C(C)=O)C2. The molecule has 3 amide bonds. The van der Waals surface area contributed by atoms with Crippen molar-refractivity contribution in [2.24, 2.45) is 11.3 Å². The number of hydrogen-bond donors (Lipinski definition) is 0. The van der Waals surface area contributed by atoms with E-state index in [0.717, 1.165) is 6.42 Å². The quantitative estimate of drug-likeness (QED) is 0.704. The average Bonchev–Trinajstić information content (AvgIpc) is 2.76. The zero-order valence-electron chi connectivity index (χ0n) is 14.5. The Labute approximate surface area is 137 Å². The van der Waals surface area contributed by atoms with Crippen LogP contribution in [0.25, 0.3) is 0 Å². The highest BCUT2D eigenvalue weighted by atomic mass is 16.5. The molecule has 0 aliphatic carbocycles. The second-order valence-electron chi connectivity index (χ2n) is 6.70. The Morgan fingerprint density at radius 3 is 2.43 bits per heavy atom. The molecule has 130 valence electrons. The molecule has 0 unspecified atom stereocenters. The van der Waals surface area contributed by atoms with Crippen LogP contribution in [0.3, 0.4) is 0 Å². The van der Waals surface area contributed by atoms with E-state index < -0.39 is 5.41 Å². The molecular formula is C16H27N3O4. The maximum Gasteiger partial charge on any atom is 0.319 e. The normalized spacial score (nSPS) is 27.2. The van der Waals surface area contributed by atoms with Crippen LogP contribution in [-0.2, 0) is 14.3 Å². The van der Waals surface area contributed by atoms with Crippen LogP contribution >= 0.6 is 0 Å². The fourth-order valence-corrected chi connectivity index (χ4v) is 3.74. The minimum atomic E-state index is -0.678. The van der Waals surface area contributed by atoms with Crippen molar-refractivity contribution < 1.29 is 19.1 Å². The number of hydrogen-bond acceptors (Lipinski definition) is 4. The summed E-state index contributed by atoms with van der Waals surface area (Å²) in [6.45, 7) is 5.66. The van der Waals surface area contributed by atoms with Gasteiger partial charge < -0.3 is 19.4 Å². The van der Waals surface area contributed by atoms with Crippen LogP contribution < -0.4 is 0 Å². The number of ether oxygens (including phenoxy) is 1. The molecule has 2 atom stereocenters. The van der Waals surface area contributed by atoms with Gasteiger partial charge in [0.05, 0.1) is 12.0 Å². The molecule has 0 aromatic rings. The number of esters is 1. The van der Waals surface area contributed by atoms with Gasteiger partial charge in [0, 0.05) is 53.1 Å². The van der Waals surface area contributed by atoms with Gasteiger partial charge in [-0.1, -0.05) is 0 Å². The van der Waals surface area contributed by atoms with Gasteiger partial charge in [0.25, 0.3) is 0 Å². The molecular weight excluding hydrogens is 298 g/mol. The number of nitrogens with zero attached hydrogens (tertiary/aromatic N) is 3. The van der Waals surface area contributed by atoms with E-state index in [1.165, 1.54) is 6.92 Å². The Hall–Kier alpha value is -1.79. The first-order valence-electron chi connectivity index (χ1n) is 8.20. The molecule has 2 saturated heterocycles. The second-order valence-corrected chi connectivity index (χ2v) is 6.70. The van der Waals surface area contributed by atoms with Gasteiger partial charge in [-0.15, -0.1) is 0 Å². The number of rotatable bonds is 2. The minimum Gasteiger partial charge on any atom is -0.466 e. The van der Waals surface area contributed by atoms with Gasteiger partial charge >= 0.3 is 12.0 Å². The van der Waals surface area contributed by atoms with Gasteiger partial charge in [0.1, 0.15) is 0 Å². The van der Waals surface area contributed by atoms with Crippen LogP contribution in [0.5, 0.6) is 0 Å². The third-order valence-electron chi connectivity index (χ3n) is 4.97. The lowest BCUT2D eigenvalue weighted by atomic mass is 9.75. The fourth-order valence-electron chi connectivity index (χ4n) is 3.74. The molecule has 23 heavy (non-hydrogen) atoms. The van der Waals surface area contributed by atoms with E-state index in [2.05, 4.69) is 0 Å². The van der Waals surface area contributed by atoms with Crippen molar-refractivity contribution in [3.63, 3.8) is 0 Å². The Bertz CT molecular complexity index is 494. The lowest BCUT2D eigenvalue weighted by Gasteiger charge is -2.31. The molecule has 2 aliphatic rings. The van der Waals surface area contributed by atoms with Crippen molar-refractivity contribution >= 4 is 17.9 Å². The van der Waals surface area contributed by atoms with E-state index in [9.17, 15) is 14.4 Å². The molecule has 0 spiro atoms. The monoisotopic (exact) mass is 325 g/mol. The Balaban J connectivity index is 2.28. The third-order valence-corrected chi connectivity index (χ3v) is 4.97. The topological polar surface area (TPSA) is 70.2 Å². The first-order chi connectivity index (χ1) is 10.8. The molecule has 0 aromatic heterocycles. The number of urea groups is 1. The summed E-state index contributed by atoms with van der Waals surface area (Å²) in [5.41, 5.74) is -0.678. The lowest BCUT2D eigenvalue weighted by Crippen LogP contribution is -2.45. The summed E-state index contributed by atoms with van der Waals surface area (Å²) in [6.07, 6.45) is 1.39. The predicted molar refractivity (Wildman–Crippen MR) is 84.7 cm³/mol. The molecule has 7 heteroatoms. The standard InChI is InChI=1S/C16H27N3O4/c1-5-23-14(21)16-7-6-8-18(15(22)17(3)4)9-13(16)10-19(11-16)12(2)20/h13H,5-11H2,1-4H3/t13-,16-/m0/s1. The summed E-state index contributed by atoms with van der Waals surface area (Å²) >= 11 is 0. The number of likely N-dealkylation sites (tertiary alicyclic amines) is 2. The summed E-state index contributed by atoms with van der Waals surface area (Å²) in [5, 5.41) is 0. The highest BCUT2D eigenvalue weighted by Gasteiger charge is 2.55. The van der Waals surface area contributed by atoms with E-state index >= 15 is 0 Å². The third kappa shape index (κ3) is 3.28. The molecule has 2 aliphatic heterocycles. The number of amides is 3. The summed E-state index contributed by atoms with van der Waals surface area (Å²) in [5.74, 6) is -0.336. The molecule has 2 fully saturated rings. The Morgan fingerprint density at radius 2 is 1.87 bits per heavy atom. The van der Waals surface area contributed by atoms with Gasteiger partial charge in [-0.2, -0.15) is 0 Å². The summed E-state index contributed by atoms with van der Waals surface area (Å²) in [4.78, 5) is 41.8.